The summed E-state index contributed by atoms with van der Waals surface area (Å²) in [5.41, 5.74) is 2.65. The smallest absolute Gasteiger partial charge is 0.0858 e. The maximum atomic E-state index is 11.9. The van der Waals surface area contributed by atoms with Crippen LogP contribution < -0.4 is 0 Å². The van der Waals surface area contributed by atoms with E-state index in [1.54, 1.807) is 12.5 Å². The van der Waals surface area contributed by atoms with Crippen LogP contribution in [0.4, 0.5) is 15.8 Å². The van der Waals surface area contributed by atoms with Crippen molar-refractivity contribution in [3.05, 3.63) is 97.2 Å². The van der Waals surface area contributed by atoms with Gasteiger partial charge < -0.3 is 4.74 Å². The summed E-state index contributed by atoms with van der Waals surface area (Å²) in [7, 11) is 0. The van der Waals surface area contributed by atoms with E-state index in [1.807, 2.05) is 80.6 Å². The van der Waals surface area contributed by atoms with Crippen LogP contribution in [0.25, 0.3) is 0 Å². The van der Waals surface area contributed by atoms with Crippen LogP contribution in [0, 0.1) is 0 Å². The van der Waals surface area contributed by atoms with Crippen LogP contribution in [0.15, 0.2) is 102 Å². The van der Waals surface area contributed by atoms with Crippen molar-refractivity contribution in [1.82, 2.24) is 0 Å². The molecule has 0 aliphatic carbocycles. The summed E-state index contributed by atoms with van der Waals surface area (Å²) in [5, 5.41) is 8.25. The van der Waals surface area contributed by atoms with Gasteiger partial charge in [-0.15, -0.1) is 0 Å². The van der Waals surface area contributed by atoms with Crippen LogP contribution in [0.1, 0.15) is 19.4 Å². The zero-order valence-electron chi connectivity index (χ0n) is 14.5. The minimum absolute atomic E-state index is 0.559. The van der Waals surface area contributed by atoms with E-state index >= 15 is 0 Å². The molecule has 0 N–H and O–H groups in total. The SMILES string of the molecule is CC=COC=CC.FC=CCc1ccc(N=Nc2ccccc2)cc1. The number of nitrogens with zero attached hydrogens (tertiary/aromatic N) is 2. The Morgan fingerprint density at radius 1 is 0.840 bits per heavy atom. The molecule has 0 saturated heterocycles. The first-order valence-electron chi connectivity index (χ1n) is 7.99. The average Bonchev–Trinajstić information content (AvgIpc) is 2.67. The van der Waals surface area contributed by atoms with E-state index in [0.29, 0.717) is 12.8 Å². The fraction of sp³-hybridized carbons (Fsp3) is 0.143. The molecule has 0 aliphatic rings. The molecular weight excluding hydrogens is 315 g/mol. The molecule has 0 bridgehead atoms. The zero-order chi connectivity index (χ0) is 18.2. The lowest BCUT2D eigenvalue weighted by molar-refractivity contribution is 0.401. The molecule has 0 amide bonds. The lowest BCUT2D eigenvalue weighted by Crippen LogP contribution is -1.78. The molecule has 0 unspecified atom stereocenters. The molecule has 3 nitrogen and oxygen atoms in total. The molecular formula is C21H23FN2O. The van der Waals surface area contributed by atoms with Gasteiger partial charge in [0.2, 0.25) is 0 Å². The van der Waals surface area contributed by atoms with Crippen molar-refractivity contribution in [1.29, 1.82) is 0 Å². The predicted octanol–water partition coefficient (Wildman–Crippen LogP) is 7.20. The molecule has 0 aromatic heterocycles. The molecule has 0 spiro atoms. The maximum Gasteiger partial charge on any atom is 0.0858 e. The van der Waals surface area contributed by atoms with Gasteiger partial charge in [-0.2, -0.15) is 10.2 Å². The van der Waals surface area contributed by atoms with Crippen LogP contribution in [-0.2, 0) is 11.2 Å². The van der Waals surface area contributed by atoms with Gasteiger partial charge in [-0.05, 0) is 50.1 Å². The molecule has 130 valence electrons. The monoisotopic (exact) mass is 338 g/mol. The zero-order valence-corrected chi connectivity index (χ0v) is 14.5. The molecule has 0 radical (unpaired) electrons. The fourth-order valence-corrected chi connectivity index (χ4v) is 1.69. The van der Waals surface area contributed by atoms with Gasteiger partial charge in [0, 0.05) is 0 Å². The summed E-state index contributed by atoms with van der Waals surface area (Å²) in [6.07, 6.45) is 9.54. The first kappa shape index (κ1) is 20.0. The lowest BCUT2D eigenvalue weighted by atomic mass is 10.1. The lowest BCUT2D eigenvalue weighted by Gasteiger charge is -1.96. The third-order valence-corrected chi connectivity index (χ3v) is 2.85. The normalized spacial score (nSPS) is 11.3. The largest absolute Gasteiger partial charge is 0.473 e. The van der Waals surface area contributed by atoms with Crippen molar-refractivity contribution in [2.24, 2.45) is 10.2 Å². The fourth-order valence-electron chi connectivity index (χ4n) is 1.69. The van der Waals surface area contributed by atoms with Gasteiger partial charge in [-0.3, -0.25) is 0 Å². The molecule has 2 aromatic carbocycles. The van der Waals surface area contributed by atoms with Crippen molar-refractivity contribution in [3.8, 4) is 0 Å². The Hall–Kier alpha value is -3.01. The highest BCUT2D eigenvalue weighted by molar-refractivity contribution is 5.41. The van der Waals surface area contributed by atoms with E-state index in [2.05, 4.69) is 10.2 Å². The number of rotatable bonds is 6. The minimum atomic E-state index is 0.559. The Balaban J connectivity index is 0.000000381. The van der Waals surface area contributed by atoms with Crippen LogP contribution in [-0.4, -0.2) is 0 Å². The maximum absolute atomic E-state index is 11.9. The second-order valence-electron chi connectivity index (χ2n) is 4.84. The predicted molar refractivity (Wildman–Crippen MR) is 102 cm³/mol. The molecule has 0 fully saturated rings. The van der Waals surface area contributed by atoms with E-state index in [9.17, 15) is 4.39 Å². The quantitative estimate of drug-likeness (QED) is 0.405. The second kappa shape index (κ2) is 13.4. The van der Waals surface area contributed by atoms with Crippen LogP contribution in [0.3, 0.4) is 0 Å². The first-order valence-corrected chi connectivity index (χ1v) is 7.99. The van der Waals surface area contributed by atoms with Gasteiger partial charge in [-0.25, -0.2) is 4.39 Å². The number of allylic oxidation sites excluding steroid dienone is 3. The molecule has 2 rings (SSSR count). The summed E-state index contributed by atoms with van der Waals surface area (Å²) in [6.45, 7) is 3.81. The molecule has 0 atom stereocenters. The number of benzene rings is 2. The molecule has 0 saturated carbocycles. The number of hydrogen-bond donors (Lipinski definition) is 0. The highest BCUT2D eigenvalue weighted by atomic mass is 19.1. The van der Waals surface area contributed by atoms with Crippen molar-refractivity contribution < 1.29 is 9.13 Å². The molecule has 0 heterocycles. The van der Waals surface area contributed by atoms with E-state index in [1.165, 1.54) is 6.08 Å². The molecule has 0 aliphatic heterocycles. The highest BCUT2D eigenvalue weighted by Gasteiger charge is 1.92. The average molecular weight is 338 g/mol. The van der Waals surface area contributed by atoms with Gasteiger partial charge >= 0.3 is 0 Å². The third-order valence-electron chi connectivity index (χ3n) is 2.85. The number of azo groups is 1. The summed E-state index contributed by atoms with van der Waals surface area (Å²) < 4.78 is 16.6. The van der Waals surface area contributed by atoms with E-state index in [0.717, 1.165) is 16.9 Å². The summed E-state index contributed by atoms with van der Waals surface area (Å²) in [5.74, 6) is 0. The van der Waals surface area contributed by atoms with Crippen molar-refractivity contribution in [2.45, 2.75) is 20.3 Å². The van der Waals surface area contributed by atoms with Gasteiger partial charge in [0.15, 0.2) is 0 Å². The van der Waals surface area contributed by atoms with E-state index in [-0.39, 0.29) is 0 Å². The Morgan fingerprint density at radius 2 is 1.40 bits per heavy atom. The van der Waals surface area contributed by atoms with Gasteiger partial charge in [0.25, 0.3) is 0 Å². The van der Waals surface area contributed by atoms with Crippen LogP contribution in [0.2, 0.25) is 0 Å². The number of hydrogen-bond acceptors (Lipinski definition) is 3. The van der Waals surface area contributed by atoms with Gasteiger partial charge in [-0.1, -0.05) is 48.6 Å². The highest BCUT2D eigenvalue weighted by Crippen LogP contribution is 2.18. The van der Waals surface area contributed by atoms with Crippen LogP contribution in [0.5, 0.6) is 0 Å². The van der Waals surface area contributed by atoms with Crippen molar-refractivity contribution in [2.75, 3.05) is 0 Å². The van der Waals surface area contributed by atoms with E-state index in [4.69, 9.17) is 4.74 Å². The summed E-state index contributed by atoms with van der Waals surface area (Å²) in [6, 6.07) is 17.1. The van der Waals surface area contributed by atoms with Gasteiger partial charge in [0.05, 0.1) is 30.2 Å². The van der Waals surface area contributed by atoms with E-state index < -0.39 is 0 Å². The summed E-state index contributed by atoms with van der Waals surface area (Å²) in [4.78, 5) is 0. The van der Waals surface area contributed by atoms with Crippen molar-refractivity contribution >= 4 is 11.4 Å². The minimum Gasteiger partial charge on any atom is -0.473 e. The molecule has 25 heavy (non-hydrogen) atoms. The van der Waals surface area contributed by atoms with Gasteiger partial charge in [0.1, 0.15) is 0 Å². The second-order valence-corrected chi connectivity index (χ2v) is 4.84. The Morgan fingerprint density at radius 3 is 1.92 bits per heavy atom. The molecule has 2 aromatic rings. The summed E-state index contributed by atoms with van der Waals surface area (Å²) >= 11 is 0. The topological polar surface area (TPSA) is 34.0 Å². The molecule has 4 heteroatoms. The van der Waals surface area contributed by atoms with Crippen LogP contribution >= 0.6 is 0 Å². The Bertz CT molecular complexity index is 680. The third kappa shape index (κ3) is 9.66. The first-order chi connectivity index (χ1) is 12.3. The Kier molecular flexibility index (Phi) is 10.8. The van der Waals surface area contributed by atoms with Crippen molar-refractivity contribution in [3.63, 3.8) is 0 Å². The number of halogens is 1. The Labute approximate surface area is 148 Å². The number of ether oxygens (including phenoxy) is 1. The standard InChI is InChI=1S/C15H13FN2.C6H10O/c16-12-4-5-13-8-10-15(11-9-13)18-17-14-6-2-1-3-7-14;1-3-5-7-6-4-2/h1-4,6-12H,5H2;3-6H,1-2H3.